The minimum absolute atomic E-state index is 0.116. The first kappa shape index (κ1) is 8.97. The molecule has 0 aromatic heterocycles. The number of carbonyl (C=O) groups is 1. The summed E-state index contributed by atoms with van der Waals surface area (Å²) in [4.78, 5) is 11.6. The Balaban J connectivity index is 2.06. The molecule has 0 aromatic rings. The van der Waals surface area contributed by atoms with E-state index in [0.29, 0.717) is 0 Å². The van der Waals surface area contributed by atoms with Gasteiger partial charge in [0.1, 0.15) is 0 Å². The van der Waals surface area contributed by atoms with E-state index in [9.17, 15) is 9.90 Å². The van der Waals surface area contributed by atoms with Crippen LogP contribution < -0.4 is 10.6 Å². The summed E-state index contributed by atoms with van der Waals surface area (Å²) in [7, 11) is 0. The highest BCUT2D eigenvalue weighted by molar-refractivity contribution is 5.87. The van der Waals surface area contributed by atoms with Crippen LogP contribution in [0.1, 0.15) is 25.7 Å². The Bertz CT molecular complexity index is 210. The monoisotopic (exact) mass is 184 g/mol. The lowest BCUT2D eigenvalue weighted by atomic mass is 9.79. The highest BCUT2D eigenvalue weighted by Gasteiger charge is 2.42. The van der Waals surface area contributed by atoms with Crippen LogP contribution in [0.25, 0.3) is 0 Å². The molecule has 4 nitrogen and oxygen atoms in total. The molecule has 1 saturated heterocycles. The number of hydrogen-bond acceptors (Lipinski definition) is 3. The number of piperazine rings is 1. The van der Waals surface area contributed by atoms with E-state index >= 15 is 0 Å². The van der Waals surface area contributed by atoms with Gasteiger partial charge in [-0.3, -0.25) is 4.79 Å². The highest BCUT2D eigenvalue weighted by atomic mass is 16.3. The van der Waals surface area contributed by atoms with E-state index in [1.807, 2.05) is 0 Å². The van der Waals surface area contributed by atoms with Crippen LogP contribution in [0, 0.1) is 0 Å². The predicted octanol–water partition coefficient (Wildman–Crippen LogP) is -0.621. The Morgan fingerprint density at radius 3 is 2.62 bits per heavy atom. The summed E-state index contributed by atoms with van der Waals surface area (Å²) in [6.07, 6.45) is 2.79. The van der Waals surface area contributed by atoms with E-state index in [1.54, 1.807) is 0 Å². The van der Waals surface area contributed by atoms with Crippen molar-refractivity contribution in [2.45, 2.75) is 37.3 Å². The number of hydrogen-bond donors (Lipinski definition) is 3. The van der Waals surface area contributed by atoms with Gasteiger partial charge in [-0.2, -0.15) is 0 Å². The molecule has 4 heteroatoms. The second kappa shape index (κ2) is 3.27. The molecule has 0 atom stereocenters. The van der Waals surface area contributed by atoms with Gasteiger partial charge in [0, 0.05) is 13.1 Å². The summed E-state index contributed by atoms with van der Waals surface area (Å²) in [5.41, 5.74) is -0.364. The number of amides is 1. The molecule has 74 valence electrons. The first-order valence-corrected chi connectivity index (χ1v) is 4.94. The molecule has 2 aliphatic rings. The zero-order valence-electron chi connectivity index (χ0n) is 7.68. The fourth-order valence-electron chi connectivity index (χ4n) is 2.23. The number of rotatable bonds is 0. The van der Waals surface area contributed by atoms with Crippen LogP contribution >= 0.6 is 0 Å². The molecule has 0 aromatic carbocycles. The van der Waals surface area contributed by atoms with E-state index in [1.165, 1.54) is 0 Å². The van der Waals surface area contributed by atoms with E-state index in [2.05, 4.69) is 10.6 Å². The van der Waals surface area contributed by atoms with E-state index < -0.39 is 0 Å². The third-order valence-corrected chi connectivity index (χ3v) is 3.12. The quantitative estimate of drug-likeness (QED) is 0.470. The summed E-state index contributed by atoms with van der Waals surface area (Å²) in [6, 6.07) is 0. The average molecular weight is 184 g/mol. The molecule has 1 saturated carbocycles. The average Bonchev–Trinajstić information content (AvgIpc) is 2.15. The second-order valence-corrected chi connectivity index (χ2v) is 4.00. The zero-order chi connectivity index (χ0) is 9.31. The molecule has 1 spiro atoms. The number of aliphatic hydroxyl groups is 1. The molecule has 2 rings (SSSR count). The molecular weight excluding hydrogens is 168 g/mol. The Kier molecular flexibility index (Phi) is 2.26. The molecule has 1 amide bonds. The van der Waals surface area contributed by atoms with Crippen LogP contribution in [0.2, 0.25) is 0 Å². The molecule has 1 aliphatic heterocycles. The first-order valence-electron chi connectivity index (χ1n) is 4.94. The fraction of sp³-hybridized carbons (Fsp3) is 0.889. The van der Waals surface area contributed by atoms with Gasteiger partial charge in [0.15, 0.2) is 0 Å². The summed E-state index contributed by atoms with van der Waals surface area (Å²) >= 11 is 0. The van der Waals surface area contributed by atoms with Crippen molar-refractivity contribution >= 4 is 5.91 Å². The number of aliphatic hydroxyl groups excluding tert-OH is 1. The van der Waals surface area contributed by atoms with Gasteiger partial charge in [0.25, 0.3) is 0 Å². The van der Waals surface area contributed by atoms with E-state index in [4.69, 9.17) is 0 Å². The largest absolute Gasteiger partial charge is 0.393 e. The van der Waals surface area contributed by atoms with E-state index in [0.717, 1.165) is 38.8 Å². The molecule has 0 radical (unpaired) electrons. The minimum Gasteiger partial charge on any atom is -0.393 e. The van der Waals surface area contributed by atoms with Crippen molar-refractivity contribution < 1.29 is 9.90 Å². The molecule has 13 heavy (non-hydrogen) atoms. The first-order chi connectivity index (χ1) is 6.23. The molecule has 0 unspecified atom stereocenters. The maximum atomic E-state index is 11.6. The normalized spacial score (nSPS) is 40.4. The highest BCUT2D eigenvalue weighted by Crippen LogP contribution is 2.29. The van der Waals surface area contributed by atoms with Crippen molar-refractivity contribution in [1.29, 1.82) is 0 Å². The van der Waals surface area contributed by atoms with Crippen molar-refractivity contribution in [3.8, 4) is 0 Å². The maximum Gasteiger partial charge on any atom is 0.240 e. The summed E-state index contributed by atoms with van der Waals surface area (Å²) < 4.78 is 0. The molecule has 0 bridgehead atoms. The Morgan fingerprint density at radius 2 is 2.00 bits per heavy atom. The summed E-state index contributed by atoms with van der Waals surface area (Å²) in [5, 5.41) is 15.5. The van der Waals surface area contributed by atoms with Gasteiger partial charge >= 0.3 is 0 Å². The Morgan fingerprint density at radius 1 is 1.31 bits per heavy atom. The van der Waals surface area contributed by atoms with Gasteiger partial charge < -0.3 is 15.7 Å². The van der Waals surface area contributed by atoms with Crippen LogP contribution in [0.3, 0.4) is 0 Å². The number of nitrogens with one attached hydrogen (secondary N) is 2. The van der Waals surface area contributed by atoms with Gasteiger partial charge in [0.2, 0.25) is 5.91 Å². The van der Waals surface area contributed by atoms with Crippen LogP contribution in [-0.4, -0.2) is 35.7 Å². The van der Waals surface area contributed by atoms with Crippen molar-refractivity contribution in [3.05, 3.63) is 0 Å². The lowest BCUT2D eigenvalue weighted by molar-refractivity contribution is -0.131. The van der Waals surface area contributed by atoms with Crippen LogP contribution in [0.4, 0.5) is 0 Å². The zero-order valence-corrected chi connectivity index (χ0v) is 7.68. The van der Waals surface area contributed by atoms with Gasteiger partial charge in [0.05, 0.1) is 11.6 Å². The molecular formula is C9H16N2O2. The van der Waals surface area contributed by atoms with Crippen molar-refractivity contribution in [2.75, 3.05) is 13.1 Å². The third-order valence-electron chi connectivity index (χ3n) is 3.12. The fourth-order valence-corrected chi connectivity index (χ4v) is 2.23. The minimum atomic E-state index is -0.364. The van der Waals surface area contributed by atoms with Crippen LogP contribution in [-0.2, 0) is 4.79 Å². The van der Waals surface area contributed by atoms with Gasteiger partial charge in [-0.25, -0.2) is 0 Å². The van der Waals surface area contributed by atoms with Gasteiger partial charge in [-0.15, -0.1) is 0 Å². The smallest absolute Gasteiger partial charge is 0.240 e. The van der Waals surface area contributed by atoms with Crippen molar-refractivity contribution in [1.82, 2.24) is 10.6 Å². The van der Waals surface area contributed by atoms with Crippen LogP contribution in [0.15, 0.2) is 0 Å². The second-order valence-electron chi connectivity index (χ2n) is 4.00. The predicted molar refractivity (Wildman–Crippen MR) is 48.2 cm³/mol. The van der Waals surface area contributed by atoms with Crippen molar-refractivity contribution in [3.63, 3.8) is 0 Å². The molecule has 2 fully saturated rings. The van der Waals surface area contributed by atoms with Gasteiger partial charge in [-0.05, 0) is 25.7 Å². The SMILES string of the molecule is O=C1NCCN[C@]12CC[C@@H](O)CC2. The molecule has 1 aliphatic carbocycles. The maximum absolute atomic E-state index is 11.6. The van der Waals surface area contributed by atoms with Gasteiger partial charge in [-0.1, -0.05) is 0 Å². The lowest BCUT2D eigenvalue weighted by Crippen LogP contribution is -2.64. The van der Waals surface area contributed by atoms with Crippen LogP contribution in [0.5, 0.6) is 0 Å². The third kappa shape index (κ3) is 1.56. The standard InChI is InChI=1S/C9H16N2O2/c12-7-1-3-9(4-2-7)8(13)10-5-6-11-9/h7,11-12H,1-6H2,(H,10,13)/t7-,9+. The molecule has 1 heterocycles. The Hall–Kier alpha value is -0.610. The lowest BCUT2D eigenvalue weighted by Gasteiger charge is -2.41. The van der Waals surface area contributed by atoms with Crippen molar-refractivity contribution in [2.24, 2.45) is 0 Å². The summed E-state index contributed by atoms with van der Waals surface area (Å²) in [6.45, 7) is 1.57. The number of carbonyl (C=O) groups excluding carboxylic acids is 1. The topological polar surface area (TPSA) is 61.4 Å². The molecule has 3 N–H and O–H groups in total. The summed E-state index contributed by atoms with van der Waals surface area (Å²) in [5.74, 6) is 0.116. The Labute approximate surface area is 77.7 Å². The van der Waals surface area contributed by atoms with E-state index in [-0.39, 0.29) is 17.6 Å².